The zero-order chi connectivity index (χ0) is 12.3. The van der Waals surface area contributed by atoms with Crippen molar-refractivity contribution >= 4 is 5.97 Å². The molecule has 1 aromatic carbocycles. The van der Waals surface area contributed by atoms with Crippen molar-refractivity contribution in [2.75, 3.05) is 7.11 Å². The van der Waals surface area contributed by atoms with Gasteiger partial charge >= 0.3 is 5.97 Å². The molecule has 4 nitrogen and oxygen atoms in total. The first-order valence-corrected chi connectivity index (χ1v) is 5.40. The summed E-state index contributed by atoms with van der Waals surface area (Å²) in [5.74, 6) is 0.681. The van der Waals surface area contributed by atoms with Gasteiger partial charge in [0.15, 0.2) is 0 Å². The van der Waals surface area contributed by atoms with Crippen molar-refractivity contribution in [2.45, 2.75) is 12.8 Å². The summed E-state index contributed by atoms with van der Waals surface area (Å²) in [7, 11) is 1.38. The van der Waals surface area contributed by atoms with Crippen LogP contribution in [0.2, 0.25) is 0 Å². The van der Waals surface area contributed by atoms with E-state index in [0.717, 1.165) is 11.4 Å². The maximum absolute atomic E-state index is 11.4. The molecule has 1 heterocycles. The molecule has 1 unspecified atom stereocenters. The van der Waals surface area contributed by atoms with Crippen LogP contribution in [0.3, 0.4) is 0 Å². The lowest BCUT2D eigenvalue weighted by Gasteiger charge is -2.10. The van der Waals surface area contributed by atoms with Gasteiger partial charge in [-0.15, -0.1) is 0 Å². The van der Waals surface area contributed by atoms with Gasteiger partial charge in [0.05, 0.1) is 12.7 Å². The molecule has 0 aliphatic heterocycles. The average Bonchev–Trinajstić information content (AvgIpc) is 2.91. The van der Waals surface area contributed by atoms with Gasteiger partial charge in [0.2, 0.25) is 0 Å². The molecule has 88 valence electrons. The molecule has 0 fully saturated rings. The number of methoxy groups -OCH3 is 1. The predicted octanol–water partition coefficient (Wildman–Crippen LogP) is 2.35. The number of carbonyl (C=O) groups excluding carboxylic acids is 1. The van der Waals surface area contributed by atoms with E-state index in [0.29, 0.717) is 5.56 Å². The summed E-state index contributed by atoms with van der Waals surface area (Å²) in [5, 5.41) is 0. The molecule has 4 heteroatoms. The molecule has 1 atom stereocenters. The fraction of sp³-hybridized carbons (Fsp3) is 0.231. The Morgan fingerprint density at radius 2 is 2.29 bits per heavy atom. The second-order valence-electron chi connectivity index (χ2n) is 3.81. The Bertz CT molecular complexity index is 506. The van der Waals surface area contributed by atoms with Crippen LogP contribution < -0.4 is 0 Å². The minimum absolute atomic E-state index is 0.120. The lowest BCUT2D eigenvalue weighted by molar-refractivity contribution is 0.0600. The highest BCUT2D eigenvalue weighted by molar-refractivity contribution is 5.89. The molecule has 0 aliphatic carbocycles. The van der Waals surface area contributed by atoms with Crippen LogP contribution >= 0.6 is 0 Å². The van der Waals surface area contributed by atoms with E-state index in [-0.39, 0.29) is 11.9 Å². The molecular formula is C13H14N2O2. The predicted molar refractivity (Wildman–Crippen MR) is 63.9 cm³/mol. The minimum atomic E-state index is -0.321. The number of hydrogen-bond donors (Lipinski definition) is 1. The number of carbonyl (C=O) groups is 1. The first-order valence-electron chi connectivity index (χ1n) is 5.40. The van der Waals surface area contributed by atoms with E-state index in [9.17, 15) is 4.79 Å². The first-order chi connectivity index (χ1) is 8.22. The van der Waals surface area contributed by atoms with Gasteiger partial charge in [0, 0.05) is 18.3 Å². The molecule has 0 amide bonds. The van der Waals surface area contributed by atoms with E-state index in [4.69, 9.17) is 4.74 Å². The molecule has 1 aromatic heterocycles. The van der Waals surface area contributed by atoms with Crippen LogP contribution in [-0.2, 0) is 4.74 Å². The van der Waals surface area contributed by atoms with Crippen LogP contribution in [0.4, 0.5) is 0 Å². The van der Waals surface area contributed by atoms with Crippen LogP contribution in [0, 0.1) is 0 Å². The van der Waals surface area contributed by atoms with E-state index >= 15 is 0 Å². The standard InChI is InChI=1S/C13H14N2O2/c1-9(12-14-6-7-15-12)10-4-3-5-11(8-10)13(16)17-2/h3-9H,1-2H3,(H,14,15). The highest BCUT2D eigenvalue weighted by atomic mass is 16.5. The lowest BCUT2D eigenvalue weighted by atomic mass is 9.98. The number of aromatic amines is 1. The highest BCUT2D eigenvalue weighted by Gasteiger charge is 2.13. The Morgan fingerprint density at radius 3 is 2.94 bits per heavy atom. The number of esters is 1. The number of H-pyrrole nitrogens is 1. The van der Waals surface area contributed by atoms with Crippen molar-refractivity contribution in [1.82, 2.24) is 9.97 Å². The molecule has 0 radical (unpaired) electrons. The van der Waals surface area contributed by atoms with Crippen molar-refractivity contribution < 1.29 is 9.53 Å². The van der Waals surface area contributed by atoms with Crippen molar-refractivity contribution in [1.29, 1.82) is 0 Å². The summed E-state index contributed by atoms with van der Waals surface area (Å²) in [6.07, 6.45) is 3.51. The molecule has 1 N–H and O–H groups in total. The van der Waals surface area contributed by atoms with Gasteiger partial charge in [-0.2, -0.15) is 0 Å². The van der Waals surface area contributed by atoms with Gasteiger partial charge in [-0.05, 0) is 17.7 Å². The summed E-state index contributed by atoms with van der Waals surface area (Å²) in [6.45, 7) is 2.04. The maximum Gasteiger partial charge on any atom is 0.337 e. The Labute approximate surface area is 99.7 Å². The van der Waals surface area contributed by atoms with Gasteiger partial charge in [-0.25, -0.2) is 9.78 Å². The van der Waals surface area contributed by atoms with Crippen molar-refractivity contribution in [3.8, 4) is 0 Å². The molecule has 2 aromatic rings. The van der Waals surface area contributed by atoms with Gasteiger partial charge in [-0.1, -0.05) is 19.1 Å². The lowest BCUT2D eigenvalue weighted by Crippen LogP contribution is -2.04. The van der Waals surface area contributed by atoms with Crippen molar-refractivity contribution in [3.63, 3.8) is 0 Å². The Morgan fingerprint density at radius 1 is 1.47 bits per heavy atom. The topological polar surface area (TPSA) is 55.0 Å². The van der Waals surface area contributed by atoms with Gasteiger partial charge in [0.1, 0.15) is 5.82 Å². The van der Waals surface area contributed by atoms with Gasteiger partial charge in [0.25, 0.3) is 0 Å². The number of ether oxygens (including phenoxy) is 1. The Hall–Kier alpha value is -2.10. The Kier molecular flexibility index (Phi) is 3.23. The zero-order valence-electron chi connectivity index (χ0n) is 9.81. The van der Waals surface area contributed by atoms with Crippen LogP contribution in [0.1, 0.15) is 34.6 Å². The van der Waals surface area contributed by atoms with Crippen LogP contribution in [0.5, 0.6) is 0 Å². The van der Waals surface area contributed by atoms with Crippen molar-refractivity contribution in [2.24, 2.45) is 0 Å². The molecule has 0 saturated heterocycles. The summed E-state index contributed by atoms with van der Waals surface area (Å²) in [6, 6.07) is 7.39. The number of nitrogens with one attached hydrogen (secondary N) is 1. The normalized spacial score (nSPS) is 12.1. The first kappa shape index (κ1) is 11.4. The molecule has 17 heavy (non-hydrogen) atoms. The molecule has 0 spiro atoms. The number of benzene rings is 1. The molecular weight excluding hydrogens is 216 g/mol. The van der Waals surface area contributed by atoms with E-state index in [1.165, 1.54) is 7.11 Å². The number of nitrogens with zero attached hydrogens (tertiary/aromatic N) is 1. The second kappa shape index (κ2) is 4.82. The highest BCUT2D eigenvalue weighted by Crippen LogP contribution is 2.21. The Balaban J connectivity index is 2.30. The third kappa shape index (κ3) is 2.36. The van der Waals surface area contributed by atoms with Gasteiger partial charge < -0.3 is 9.72 Å². The summed E-state index contributed by atoms with van der Waals surface area (Å²) < 4.78 is 4.70. The number of hydrogen-bond acceptors (Lipinski definition) is 3. The summed E-state index contributed by atoms with van der Waals surface area (Å²) in [5.41, 5.74) is 1.59. The fourth-order valence-electron chi connectivity index (χ4n) is 1.72. The fourth-order valence-corrected chi connectivity index (χ4v) is 1.72. The summed E-state index contributed by atoms with van der Waals surface area (Å²) in [4.78, 5) is 18.7. The van der Waals surface area contributed by atoms with E-state index < -0.39 is 0 Å². The van der Waals surface area contributed by atoms with Gasteiger partial charge in [-0.3, -0.25) is 0 Å². The zero-order valence-corrected chi connectivity index (χ0v) is 9.81. The third-order valence-corrected chi connectivity index (χ3v) is 2.74. The molecule has 0 saturated carbocycles. The van der Waals surface area contributed by atoms with Crippen molar-refractivity contribution in [3.05, 3.63) is 53.6 Å². The third-order valence-electron chi connectivity index (χ3n) is 2.74. The molecule has 2 rings (SSSR count). The summed E-state index contributed by atoms with van der Waals surface area (Å²) >= 11 is 0. The number of imidazole rings is 1. The number of aromatic nitrogens is 2. The monoisotopic (exact) mass is 230 g/mol. The average molecular weight is 230 g/mol. The van der Waals surface area contributed by atoms with E-state index in [1.54, 1.807) is 18.5 Å². The molecule has 0 bridgehead atoms. The van der Waals surface area contributed by atoms with Crippen LogP contribution in [0.15, 0.2) is 36.7 Å². The smallest absolute Gasteiger partial charge is 0.337 e. The van der Waals surface area contributed by atoms with Crippen LogP contribution in [0.25, 0.3) is 0 Å². The van der Waals surface area contributed by atoms with E-state index in [1.807, 2.05) is 25.1 Å². The quantitative estimate of drug-likeness (QED) is 0.823. The van der Waals surface area contributed by atoms with Crippen LogP contribution in [-0.4, -0.2) is 23.0 Å². The number of rotatable bonds is 3. The maximum atomic E-state index is 11.4. The van der Waals surface area contributed by atoms with E-state index in [2.05, 4.69) is 9.97 Å². The minimum Gasteiger partial charge on any atom is -0.465 e. The SMILES string of the molecule is COC(=O)c1cccc(C(C)c2ncc[nH]2)c1. The second-order valence-corrected chi connectivity index (χ2v) is 3.81. The largest absolute Gasteiger partial charge is 0.465 e. The molecule has 0 aliphatic rings.